The number of hydrogen-bond donors (Lipinski definition) is 3. The molecule has 0 amide bonds. The molecule has 1 saturated heterocycles. The lowest BCUT2D eigenvalue weighted by Crippen LogP contribution is -2.08. The molecule has 1 aliphatic rings. The minimum Gasteiger partial charge on any atom is -0.332 e. The summed E-state index contributed by atoms with van der Waals surface area (Å²) in [6.07, 6.45) is 8.19. The van der Waals surface area contributed by atoms with Gasteiger partial charge in [0.1, 0.15) is 11.6 Å². The van der Waals surface area contributed by atoms with E-state index >= 15 is 0 Å². The van der Waals surface area contributed by atoms with E-state index in [4.69, 9.17) is 0 Å². The third-order valence-corrected chi connectivity index (χ3v) is 5.50. The van der Waals surface area contributed by atoms with Crippen molar-refractivity contribution in [3.05, 3.63) is 52.7 Å². The maximum Gasteiger partial charge on any atom is 0.249 e. The Hall–Kier alpha value is -3.04. The van der Waals surface area contributed by atoms with Crippen LogP contribution in [0.25, 0.3) is 21.0 Å². The average Bonchev–Trinajstić information content (AvgIpc) is 3.43. The Morgan fingerprint density at radius 2 is 2.00 bits per heavy atom. The van der Waals surface area contributed by atoms with Gasteiger partial charge in [0, 0.05) is 37.8 Å². The van der Waals surface area contributed by atoms with Gasteiger partial charge >= 0.3 is 0 Å². The number of pyridine rings is 2. The molecule has 8 nitrogen and oxygen atoms in total. The Morgan fingerprint density at radius 1 is 1.17 bits per heavy atom. The molecule has 0 unspecified atom stereocenters. The van der Waals surface area contributed by atoms with E-state index in [0.29, 0.717) is 11.6 Å². The highest BCUT2D eigenvalue weighted by molar-refractivity contribution is 7.21. The molecule has 0 spiro atoms. The number of aromatic amines is 1. The van der Waals surface area contributed by atoms with Crippen molar-refractivity contribution in [2.24, 2.45) is 7.05 Å². The van der Waals surface area contributed by atoms with Crippen LogP contribution in [0.2, 0.25) is 0 Å². The van der Waals surface area contributed by atoms with Gasteiger partial charge in [0.25, 0.3) is 0 Å². The summed E-state index contributed by atoms with van der Waals surface area (Å²) in [5.74, 6) is 2.06. The van der Waals surface area contributed by atoms with Crippen molar-refractivity contribution >= 4 is 33.2 Å². The van der Waals surface area contributed by atoms with Crippen molar-refractivity contribution in [2.45, 2.75) is 19.8 Å². The van der Waals surface area contributed by atoms with Crippen LogP contribution in [-0.2, 0) is 7.05 Å². The Morgan fingerprint density at radius 3 is 2.66 bits per heavy atom. The van der Waals surface area contributed by atoms with Gasteiger partial charge in [-0.2, -0.15) is 0 Å². The average molecular weight is 410 g/mol. The molecule has 0 atom stereocenters. The molecule has 4 aromatic heterocycles. The largest absolute Gasteiger partial charge is 0.332 e. The van der Waals surface area contributed by atoms with Crippen LogP contribution in [0.15, 0.2) is 41.6 Å². The van der Waals surface area contributed by atoms with Crippen LogP contribution in [0, 0.1) is 6.92 Å². The lowest BCUT2D eigenvalue weighted by Gasteiger charge is -2.05. The Labute approximate surface area is 172 Å². The molecule has 0 aliphatic carbocycles. The standard InChI is InChI=1S/C16H14N6OS.C4H9N/c1-9-5-13(21-14(23)6-9)20-12-7-10-11(8-18-12)24-16(19-10)15-17-3-4-22(15)2;1-2-4-5-3-1/h3-8H,1-2H3,(H2,18,20,21,23);5H,1-4H2. The molecule has 0 aromatic carbocycles. The minimum atomic E-state index is -0.149. The van der Waals surface area contributed by atoms with Crippen molar-refractivity contribution < 1.29 is 0 Å². The van der Waals surface area contributed by atoms with E-state index in [1.807, 2.05) is 36.9 Å². The molecule has 1 fully saturated rings. The van der Waals surface area contributed by atoms with E-state index in [1.165, 1.54) is 25.9 Å². The number of nitrogens with zero attached hydrogens (tertiary/aromatic N) is 4. The monoisotopic (exact) mass is 409 g/mol. The second-order valence-electron chi connectivity index (χ2n) is 6.94. The molecule has 4 aromatic rings. The Balaban J connectivity index is 0.000000359. The predicted molar refractivity (Wildman–Crippen MR) is 117 cm³/mol. The number of aryl methyl sites for hydroxylation is 2. The van der Waals surface area contributed by atoms with E-state index in [-0.39, 0.29) is 5.56 Å². The predicted octanol–water partition coefficient (Wildman–Crippen LogP) is 3.20. The number of fused-ring (bicyclic) bond motifs is 1. The molecule has 0 bridgehead atoms. The topological polar surface area (TPSA) is 101 Å². The van der Waals surface area contributed by atoms with Gasteiger partial charge in [-0.3, -0.25) is 4.79 Å². The molecule has 0 radical (unpaired) electrons. The SMILES string of the molecule is C1CCNC1.Cc1cc(Nc2cc3nc(-c4nccn4C)sc3cn2)[nH]c(=O)c1. The highest BCUT2D eigenvalue weighted by atomic mass is 32.1. The normalized spacial score (nSPS) is 13.3. The number of rotatable bonds is 3. The summed E-state index contributed by atoms with van der Waals surface area (Å²) in [6, 6.07) is 5.26. The van der Waals surface area contributed by atoms with Crippen molar-refractivity contribution in [3.8, 4) is 10.8 Å². The first-order valence-corrected chi connectivity index (χ1v) is 10.3. The number of hydrogen-bond acceptors (Lipinski definition) is 7. The van der Waals surface area contributed by atoms with E-state index in [1.54, 1.807) is 29.8 Å². The van der Waals surface area contributed by atoms with Gasteiger partial charge in [-0.1, -0.05) is 0 Å². The molecule has 29 heavy (non-hydrogen) atoms. The van der Waals surface area contributed by atoms with Crippen molar-refractivity contribution in [3.63, 3.8) is 0 Å². The molecule has 150 valence electrons. The first kappa shape index (κ1) is 19.3. The van der Waals surface area contributed by atoms with Crippen molar-refractivity contribution in [1.82, 2.24) is 29.8 Å². The van der Waals surface area contributed by atoms with Crippen LogP contribution >= 0.6 is 11.3 Å². The van der Waals surface area contributed by atoms with Crippen LogP contribution in [0.1, 0.15) is 18.4 Å². The molecule has 0 saturated carbocycles. The molecule has 3 N–H and O–H groups in total. The number of nitrogens with one attached hydrogen (secondary N) is 3. The maximum absolute atomic E-state index is 11.5. The lowest BCUT2D eigenvalue weighted by atomic mass is 10.3. The van der Waals surface area contributed by atoms with Gasteiger partial charge in [0.05, 0.1) is 10.2 Å². The van der Waals surface area contributed by atoms with Crippen molar-refractivity contribution in [2.75, 3.05) is 18.4 Å². The summed E-state index contributed by atoms with van der Waals surface area (Å²) in [6.45, 7) is 4.37. The zero-order valence-corrected chi connectivity index (χ0v) is 17.2. The fourth-order valence-corrected chi connectivity index (χ4v) is 4.04. The third kappa shape index (κ3) is 4.69. The summed E-state index contributed by atoms with van der Waals surface area (Å²) in [4.78, 5) is 27.6. The summed E-state index contributed by atoms with van der Waals surface area (Å²) >= 11 is 1.55. The van der Waals surface area contributed by atoms with Gasteiger partial charge in [0.2, 0.25) is 5.56 Å². The van der Waals surface area contributed by atoms with Crippen LogP contribution < -0.4 is 16.2 Å². The highest BCUT2D eigenvalue weighted by Gasteiger charge is 2.11. The minimum absolute atomic E-state index is 0.149. The van der Waals surface area contributed by atoms with Crippen LogP contribution in [0.4, 0.5) is 11.6 Å². The molecular formula is C20H23N7OS. The quantitative estimate of drug-likeness (QED) is 0.480. The number of imidazole rings is 1. The smallest absolute Gasteiger partial charge is 0.249 e. The summed E-state index contributed by atoms with van der Waals surface area (Å²) in [7, 11) is 1.94. The molecule has 9 heteroatoms. The van der Waals surface area contributed by atoms with Gasteiger partial charge in [-0.25, -0.2) is 15.0 Å². The maximum atomic E-state index is 11.5. The molecule has 5 rings (SSSR count). The molecule has 1 aliphatic heterocycles. The van der Waals surface area contributed by atoms with Crippen molar-refractivity contribution in [1.29, 1.82) is 0 Å². The second kappa shape index (κ2) is 8.54. The van der Waals surface area contributed by atoms with E-state index in [9.17, 15) is 4.79 Å². The Kier molecular flexibility index (Phi) is 5.68. The second-order valence-corrected chi connectivity index (χ2v) is 7.97. The first-order valence-electron chi connectivity index (χ1n) is 9.51. The zero-order valence-electron chi connectivity index (χ0n) is 16.4. The van der Waals surface area contributed by atoms with E-state index < -0.39 is 0 Å². The summed E-state index contributed by atoms with van der Waals surface area (Å²) < 4.78 is 2.91. The summed E-state index contributed by atoms with van der Waals surface area (Å²) in [5, 5.41) is 7.18. The van der Waals surface area contributed by atoms with E-state index in [0.717, 1.165) is 26.6 Å². The van der Waals surface area contributed by atoms with Gasteiger partial charge in [-0.15, -0.1) is 11.3 Å². The first-order chi connectivity index (χ1) is 14.1. The molecular weight excluding hydrogens is 386 g/mol. The van der Waals surface area contributed by atoms with Crippen LogP contribution in [0.5, 0.6) is 0 Å². The van der Waals surface area contributed by atoms with Crippen LogP contribution in [0.3, 0.4) is 0 Å². The third-order valence-electron chi connectivity index (χ3n) is 4.50. The van der Waals surface area contributed by atoms with Gasteiger partial charge in [-0.05, 0) is 44.5 Å². The number of aromatic nitrogens is 5. The summed E-state index contributed by atoms with van der Waals surface area (Å²) in [5.41, 5.74) is 1.57. The fraction of sp³-hybridized carbons (Fsp3) is 0.300. The lowest BCUT2D eigenvalue weighted by molar-refractivity contribution is 0.857. The van der Waals surface area contributed by atoms with Gasteiger partial charge < -0.3 is 20.2 Å². The highest BCUT2D eigenvalue weighted by Crippen LogP contribution is 2.29. The Bertz CT molecular complexity index is 1170. The number of thiazole rings is 1. The zero-order chi connectivity index (χ0) is 20.2. The van der Waals surface area contributed by atoms with E-state index in [2.05, 4.69) is 30.6 Å². The molecule has 5 heterocycles. The fourth-order valence-electron chi connectivity index (χ4n) is 3.08. The number of anilines is 2. The van der Waals surface area contributed by atoms with Gasteiger partial charge in [0.15, 0.2) is 10.8 Å². The number of H-pyrrole nitrogens is 1. The van der Waals surface area contributed by atoms with Crippen LogP contribution in [-0.4, -0.2) is 37.6 Å².